The minimum Gasteiger partial charge on any atom is -0.508 e. The van der Waals surface area contributed by atoms with E-state index in [4.69, 9.17) is 4.99 Å². The summed E-state index contributed by atoms with van der Waals surface area (Å²) in [6.07, 6.45) is 5.72. The molecule has 0 saturated carbocycles. The van der Waals surface area contributed by atoms with Crippen LogP contribution in [-0.2, 0) is 19.5 Å². The maximum Gasteiger partial charge on any atom is 0.191 e. The highest BCUT2D eigenvalue weighted by molar-refractivity contribution is 14.0. The van der Waals surface area contributed by atoms with Crippen molar-refractivity contribution in [3.63, 3.8) is 0 Å². The Labute approximate surface area is 195 Å². The summed E-state index contributed by atoms with van der Waals surface area (Å²) < 4.78 is 1.93. The van der Waals surface area contributed by atoms with E-state index in [1.807, 2.05) is 29.1 Å². The van der Waals surface area contributed by atoms with E-state index in [1.54, 1.807) is 18.3 Å². The van der Waals surface area contributed by atoms with Gasteiger partial charge in [0.25, 0.3) is 0 Å². The van der Waals surface area contributed by atoms with E-state index in [0.717, 1.165) is 38.4 Å². The van der Waals surface area contributed by atoms with E-state index in [1.165, 1.54) is 16.7 Å². The number of benzene rings is 2. The molecule has 160 valence electrons. The van der Waals surface area contributed by atoms with Crippen molar-refractivity contribution in [3.8, 4) is 5.75 Å². The lowest BCUT2D eigenvalue weighted by Crippen LogP contribution is -2.37. The number of halogens is 1. The predicted molar refractivity (Wildman–Crippen MR) is 132 cm³/mol. The lowest BCUT2D eigenvalue weighted by molar-refractivity contribution is 0.475. The molecule has 1 heterocycles. The largest absolute Gasteiger partial charge is 0.508 e. The molecule has 7 heteroatoms. The summed E-state index contributed by atoms with van der Waals surface area (Å²) in [5, 5.41) is 20.4. The minimum atomic E-state index is 0. The van der Waals surface area contributed by atoms with Gasteiger partial charge in [-0.05, 0) is 54.7 Å². The summed E-state index contributed by atoms with van der Waals surface area (Å²) in [5.41, 5.74) is 3.64. The molecule has 0 aliphatic rings. The van der Waals surface area contributed by atoms with E-state index < -0.39 is 0 Å². The van der Waals surface area contributed by atoms with Crippen molar-refractivity contribution in [2.45, 2.75) is 32.9 Å². The topological polar surface area (TPSA) is 74.5 Å². The molecule has 1 aromatic heterocycles. The number of nitrogens with zero attached hydrogens (tertiary/aromatic N) is 3. The zero-order chi connectivity index (χ0) is 20.3. The van der Waals surface area contributed by atoms with Gasteiger partial charge >= 0.3 is 0 Å². The minimum absolute atomic E-state index is 0. The Morgan fingerprint density at radius 2 is 1.80 bits per heavy atom. The summed E-state index contributed by atoms with van der Waals surface area (Å²) in [7, 11) is 0. The van der Waals surface area contributed by atoms with Crippen LogP contribution in [0, 0.1) is 0 Å². The number of aromatic hydroxyl groups is 1. The summed E-state index contributed by atoms with van der Waals surface area (Å²) in [5.74, 6) is 1.13. The molecule has 0 bridgehead atoms. The average molecular weight is 519 g/mol. The number of aryl methyl sites for hydroxylation is 1. The van der Waals surface area contributed by atoms with E-state index in [0.29, 0.717) is 12.3 Å². The predicted octanol–water partition coefficient (Wildman–Crippen LogP) is 3.94. The van der Waals surface area contributed by atoms with Crippen molar-refractivity contribution in [2.75, 3.05) is 13.1 Å². The lowest BCUT2D eigenvalue weighted by atomic mass is 10.1. The van der Waals surface area contributed by atoms with Crippen molar-refractivity contribution in [3.05, 3.63) is 83.7 Å². The standard InChI is InChI=1S/C23H29N5O.HI/c1-2-24-23(25-14-5-7-19-10-12-22(29)13-11-19)26-17-20-8-3-4-9-21(20)18-28-16-6-15-27-28;/h3-4,6,8-13,15-16,29H,2,5,7,14,17-18H2,1H3,(H2,24,25,26);1H. The van der Waals surface area contributed by atoms with E-state index in [9.17, 15) is 5.11 Å². The van der Waals surface area contributed by atoms with Gasteiger partial charge in [-0.15, -0.1) is 24.0 Å². The second-order valence-corrected chi connectivity index (χ2v) is 6.86. The zero-order valence-corrected chi connectivity index (χ0v) is 19.6. The highest BCUT2D eigenvalue weighted by Gasteiger charge is 2.04. The third kappa shape index (κ3) is 7.70. The molecule has 0 spiro atoms. The Hall–Kier alpha value is -2.55. The molecule has 0 saturated heterocycles. The molecule has 30 heavy (non-hydrogen) atoms. The number of guanidine groups is 1. The summed E-state index contributed by atoms with van der Waals surface area (Å²) >= 11 is 0. The highest BCUT2D eigenvalue weighted by Crippen LogP contribution is 2.12. The Morgan fingerprint density at radius 1 is 1.03 bits per heavy atom. The van der Waals surface area contributed by atoms with Crippen molar-refractivity contribution < 1.29 is 5.11 Å². The van der Waals surface area contributed by atoms with Gasteiger partial charge in [-0.1, -0.05) is 36.4 Å². The van der Waals surface area contributed by atoms with Gasteiger partial charge in [0.1, 0.15) is 5.75 Å². The van der Waals surface area contributed by atoms with Gasteiger partial charge in [0.05, 0.1) is 13.1 Å². The van der Waals surface area contributed by atoms with Crippen LogP contribution in [0.1, 0.15) is 30.0 Å². The first kappa shape index (κ1) is 23.7. The van der Waals surface area contributed by atoms with Crippen LogP contribution in [0.25, 0.3) is 0 Å². The van der Waals surface area contributed by atoms with Crippen LogP contribution in [0.4, 0.5) is 0 Å². The van der Waals surface area contributed by atoms with Crippen LogP contribution in [0.3, 0.4) is 0 Å². The Morgan fingerprint density at radius 3 is 2.50 bits per heavy atom. The number of rotatable bonds is 9. The third-order valence-electron chi connectivity index (χ3n) is 4.63. The first-order chi connectivity index (χ1) is 14.2. The van der Waals surface area contributed by atoms with Crippen LogP contribution in [0.2, 0.25) is 0 Å². The van der Waals surface area contributed by atoms with Crippen molar-refractivity contribution >= 4 is 29.9 Å². The lowest BCUT2D eigenvalue weighted by Gasteiger charge is -2.13. The van der Waals surface area contributed by atoms with Crippen LogP contribution in [0.5, 0.6) is 5.75 Å². The first-order valence-electron chi connectivity index (χ1n) is 10.1. The van der Waals surface area contributed by atoms with Crippen LogP contribution in [-0.4, -0.2) is 33.9 Å². The molecule has 0 aliphatic heterocycles. The van der Waals surface area contributed by atoms with Crippen LogP contribution < -0.4 is 10.6 Å². The molecule has 0 unspecified atom stereocenters. The van der Waals surface area contributed by atoms with E-state index in [2.05, 4.69) is 46.9 Å². The number of hydrogen-bond acceptors (Lipinski definition) is 3. The number of aliphatic imine (C=N–C) groups is 1. The smallest absolute Gasteiger partial charge is 0.191 e. The monoisotopic (exact) mass is 519 g/mol. The number of hydrogen-bond donors (Lipinski definition) is 3. The summed E-state index contributed by atoms with van der Waals surface area (Å²) in [4.78, 5) is 4.76. The van der Waals surface area contributed by atoms with Crippen molar-refractivity contribution in [1.29, 1.82) is 0 Å². The summed E-state index contributed by atoms with van der Waals surface area (Å²) in [6.45, 7) is 5.08. The van der Waals surface area contributed by atoms with Gasteiger partial charge in [-0.25, -0.2) is 4.99 Å². The second kappa shape index (κ2) is 12.9. The molecule has 0 fully saturated rings. The number of phenolic OH excluding ortho intramolecular Hbond substituents is 1. The molecular formula is C23H30IN5O. The first-order valence-corrected chi connectivity index (χ1v) is 10.1. The quantitative estimate of drug-likeness (QED) is 0.173. The van der Waals surface area contributed by atoms with Gasteiger partial charge in [-0.2, -0.15) is 5.10 Å². The Balaban J connectivity index is 0.00000320. The molecule has 3 aromatic rings. The molecule has 3 rings (SSSR count). The SMILES string of the molecule is CCNC(=NCc1ccccc1Cn1cccn1)NCCCc1ccc(O)cc1.I. The molecule has 2 aromatic carbocycles. The van der Waals surface area contributed by atoms with Gasteiger partial charge in [0, 0.05) is 25.5 Å². The van der Waals surface area contributed by atoms with Gasteiger partial charge in [-0.3, -0.25) is 4.68 Å². The Kier molecular flexibility index (Phi) is 10.2. The Bertz CT molecular complexity index is 894. The third-order valence-corrected chi connectivity index (χ3v) is 4.63. The molecule has 0 aliphatic carbocycles. The molecule has 3 N–H and O–H groups in total. The number of nitrogens with one attached hydrogen (secondary N) is 2. The fourth-order valence-corrected chi connectivity index (χ4v) is 3.10. The molecule has 6 nitrogen and oxygen atoms in total. The maximum absolute atomic E-state index is 9.36. The normalized spacial score (nSPS) is 11.0. The zero-order valence-electron chi connectivity index (χ0n) is 17.3. The second-order valence-electron chi connectivity index (χ2n) is 6.86. The maximum atomic E-state index is 9.36. The fourth-order valence-electron chi connectivity index (χ4n) is 3.10. The molecule has 0 amide bonds. The fraction of sp³-hybridized carbons (Fsp3) is 0.304. The van der Waals surface area contributed by atoms with Gasteiger partial charge in [0.15, 0.2) is 5.96 Å². The molecule has 0 radical (unpaired) electrons. The highest BCUT2D eigenvalue weighted by atomic mass is 127. The van der Waals surface area contributed by atoms with E-state index in [-0.39, 0.29) is 24.0 Å². The van der Waals surface area contributed by atoms with Crippen LogP contribution in [0.15, 0.2) is 72.0 Å². The molecular weight excluding hydrogens is 489 g/mol. The van der Waals surface area contributed by atoms with Gasteiger partial charge in [0.2, 0.25) is 0 Å². The van der Waals surface area contributed by atoms with Crippen molar-refractivity contribution in [1.82, 2.24) is 20.4 Å². The summed E-state index contributed by atoms with van der Waals surface area (Å²) in [6, 6.07) is 17.7. The average Bonchev–Trinajstić information content (AvgIpc) is 3.24. The molecule has 0 atom stereocenters. The number of aromatic nitrogens is 2. The number of phenols is 1. The van der Waals surface area contributed by atoms with E-state index >= 15 is 0 Å². The van der Waals surface area contributed by atoms with Crippen molar-refractivity contribution in [2.24, 2.45) is 4.99 Å². The van der Waals surface area contributed by atoms with Gasteiger partial charge < -0.3 is 15.7 Å². The van der Waals surface area contributed by atoms with Crippen LogP contribution >= 0.6 is 24.0 Å².